The second-order valence-electron chi connectivity index (χ2n) is 4.96. The summed E-state index contributed by atoms with van der Waals surface area (Å²) in [5.74, 6) is 0.450. The Balaban J connectivity index is 2.32. The van der Waals surface area contributed by atoms with Crippen LogP contribution in [0.2, 0.25) is 0 Å². The van der Waals surface area contributed by atoms with Gasteiger partial charge in [0.1, 0.15) is 0 Å². The van der Waals surface area contributed by atoms with E-state index in [1.54, 1.807) is 7.05 Å². The largest absolute Gasteiger partial charge is 0.464 e. The van der Waals surface area contributed by atoms with Crippen molar-refractivity contribution in [3.8, 4) is 6.01 Å². The third kappa shape index (κ3) is 3.93. The van der Waals surface area contributed by atoms with Crippen molar-refractivity contribution in [2.45, 2.75) is 38.6 Å². The van der Waals surface area contributed by atoms with Crippen LogP contribution < -0.4 is 20.7 Å². The number of carbonyl (C=O) groups is 1. The van der Waals surface area contributed by atoms with Crippen LogP contribution in [0.3, 0.4) is 0 Å². The zero-order valence-corrected chi connectivity index (χ0v) is 12.5. The summed E-state index contributed by atoms with van der Waals surface area (Å²) in [6.07, 6.45) is 4.31. The summed E-state index contributed by atoms with van der Waals surface area (Å²) in [5.41, 5.74) is 5.37. The number of nitrogens with one attached hydrogen (secondary N) is 1. The number of aromatic nitrogens is 3. The van der Waals surface area contributed by atoms with E-state index < -0.39 is 5.91 Å². The number of primary amides is 1. The van der Waals surface area contributed by atoms with E-state index in [2.05, 4.69) is 20.3 Å². The number of nitrogens with zero attached hydrogens (tertiary/aromatic N) is 4. The van der Waals surface area contributed by atoms with Crippen molar-refractivity contribution < 1.29 is 9.53 Å². The van der Waals surface area contributed by atoms with Gasteiger partial charge in [-0.1, -0.05) is 12.8 Å². The summed E-state index contributed by atoms with van der Waals surface area (Å²) >= 11 is 0. The highest BCUT2D eigenvalue weighted by Gasteiger charge is 2.27. The van der Waals surface area contributed by atoms with E-state index in [0.717, 1.165) is 25.7 Å². The number of carbonyl (C=O) groups excluding carboxylic acids is 1. The highest BCUT2D eigenvalue weighted by Crippen LogP contribution is 2.27. The second kappa shape index (κ2) is 7.05. The number of hydrogen-bond acceptors (Lipinski definition) is 7. The molecule has 1 saturated carbocycles. The summed E-state index contributed by atoms with van der Waals surface area (Å²) in [6, 6.07) is 0.485. The Morgan fingerprint density at radius 3 is 2.67 bits per heavy atom. The number of rotatable bonds is 7. The lowest BCUT2D eigenvalue weighted by atomic mass is 10.2. The van der Waals surface area contributed by atoms with Gasteiger partial charge >= 0.3 is 6.01 Å². The minimum atomic E-state index is -0.397. The SMILES string of the molecule is CCOc1nc(NC)nc(N(CC(N)=O)C2CCCC2)n1. The molecule has 3 N–H and O–H groups in total. The van der Waals surface area contributed by atoms with Gasteiger partial charge in [-0.15, -0.1) is 0 Å². The van der Waals surface area contributed by atoms with Gasteiger partial charge in [0.25, 0.3) is 0 Å². The first-order chi connectivity index (χ1) is 10.1. The van der Waals surface area contributed by atoms with Crippen molar-refractivity contribution in [3.63, 3.8) is 0 Å². The van der Waals surface area contributed by atoms with Crippen LogP contribution in [-0.2, 0) is 4.79 Å². The zero-order chi connectivity index (χ0) is 15.2. The number of ether oxygens (including phenoxy) is 1. The Morgan fingerprint density at radius 2 is 2.10 bits per heavy atom. The monoisotopic (exact) mass is 294 g/mol. The van der Waals surface area contributed by atoms with Gasteiger partial charge in [0.05, 0.1) is 13.2 Å². The summed E-state index contributed by atoms with van der Waals surface area (Å²) in [6.45, 7) is 2.43. The van der Waals surface area contributed by atoms with Gasteiger partial charge in [-0.2, -0.15) is 15.0 Å². The molecule has 1 aliphatic carbocycles. The quantitative estimate of drug-likeness (QED) is 0.756. The van der Waals surface area contributed by atoms with Crippen molar-refractivity contribution >= 4 is 17.8 Å². The average Bonchev–Trinajstić information content (AvgIpc) is 2.98. The molecule has 8 nitrogen and oxygen atoms in total. The van der Waals surface area contributed by atoms with Crippen molar-refractivity contribution in [3.05, 3.63) is 0 Å². The van der Waals surface area contributed by atoms with Crippen molar-refractivity contribution in [1.82, 2.24) is 15.0 Å². The van der Waals surface area contributed by atoms with Gasteiger partial charge in [0.2, 0.25) is 17.8 Å². The molecule has 0 unspecified atom stereocenters. The van der Waals surface area contributed by atoms with Crippen LogP contribution in [0.5, 0.6) is 6.01 Å². The molecule has 0 saturated heterocycles. The Labute approximate surface area is 124 Å². The van der Waals surface area contributed by atoms with E-state index >= 15 is 0 Å². The van der Waals surface area contributed by atoms with E-state index in [1.807, 2.05) is 11.8 Å². The molecule has 1 aromatic heterocycles. The topological polar surface area (TPSA) is 106 Å². The van der Waals surface area contributed by atoms with E-state index in [1.165, 1.54) is 0 Å². The lowest BCUT2D eigenvalue weighted by Gasteiger charge is -2.27. The fraction of sp³-hybridized carbons (Fsp3) is 0.692. The molecule has 1 aromatic rings. The smallest absolute Gasteiger partial charge is 0.323 e. The van der Waals surface area contributed by atoms with Gasteiger partial charge in [0.15, 0.2) is 0 Å². The van der Waals surface area contributed by atoms with Gasteiger partial charge in [-0.3, -0.25) is 4.79 Å². The molecule has 0 radical (unpaired) electrons. The van der Waals surface area contributed by atoms with E-state index in [4.69, 9.17) is 10.5 Å². The summed E-state index contributed by atoms with van der Waals surface area (Å²) < 4.78 is 5.36. The highest BCUT2D eigenvalue weighted by atomic mass is 16.5. The molecule has 8 heteroatoms. The molecule has 0 spiro atoms. The molecule has 1 amide bonds. The molecular formula is C13H22N6O2. The molecule has 1 heterocycles. The molecule has 2 rings (SSSR count). The molecule has 0 aromatic carbocycles. The summed E-state index contributed by atoms with van der Waals surface area (Å²) in [4.78, 5) is 26.0. The average molecular weight is 294 g/mol. The maximum absolute atomic E-state index is 11.4. The summed E-state index contributed by atoms with van der Waals surface area (Å²) in [5, 5.41) is 2.88. The number of anilines is 2. The van der Waals surface area contributed by atoms with Crippen LogP contribution >= 0.6 is 0 Å². The molecular weight excluding hydrogens is 272 g/mol. The fourth-order valence-corrected chi connectivity index (χ4v) is 2.53. The lowest BCUT2D eigenvalue weighted by molar-refractivity contribution is -0.116. The van der Waals surface area contributed by atoms with Crippen molar-refractivity contribution in [1.29, 1.82) is 0 Å². The second-order valence-corrected chi connectivity index (χ2v) is 4.96. The van der Waals surface area contributed by atoms with Crippen LogP contribution in [0.25, 0.3) is 0 Å². The molecule has 0 atom stereocenters. The van der Waals surface area contributed by atoms with Crippen LogP contribution in [0.15, 0.2) is 0 Å². The minimum Gasteiger partial charge on any atom is -0.464 e. The third-order valence-electron chi connectivity index (χ3n) is 3.45. The standard InChI is InChI=1S/C13H22N6O2/c1-3-21-13-17-11(15-2)16-12(18-13)19(8-10(14)20)9-6-4-5-7-9/h9H,3-8H2,1-2H3,(H2,14,20)(H,15,16,17,18). The number of nitrogens with two attached hydrogens (primary N) is 1. The van der Waals surface area contributed by atoms with Gasteiger partial charge in [-0.05, 0) is 19.8 Å². The molecule has 0 bridgehead atoms. The van der Waals surface area contributed by atoms with Gasteiger partial charge in [0, 0.05) is 13.1 Å². The number of hydrogen-bond donors (Lipinski definition) is 2. The van der Waals surface area contributed by atoms with Crippen LogP contribution in [0, 0.1) is 0 Å². The molecule has 0 aliphatic heterocycles. The third-order valence-corrected chi connectivity index (χ3v) is 3.45. The first kappa shape index (κ1) is 15.3. The minimum absolute atomic E-state index is 0.101. The predicted molar refractivity (Wildman–Crippen MR) is 79.3 cm³/mol. The van der Waals surface area contributed by atoms with E-state index in [-0.39, 0.29) is 18.6 Å². The molecule has 1 fully saturated rings. The van der Waals surface area contributed by atoms with Gasteiger partial charge in [-0.25, -0.2) is 0 Å². The molecule has 116 valence electrons. The highest BCUT2D eigenvalue weighted by molar-refractivity contribution is 5.79. The normalized spacial score (nSPS) is 15.0. The van der Waals surface area contributed by atoms with Crippen molar-refractivity contribution in [2.75, 3.05) is 30.4 Å². The molecule has 21 heavy (non-hydrogen) atoms. The van der Waals surface area contributed by atoms with Crippen LogP contribution in [-0.4, -0.2) is 47.1 Å². The van der Waals surface area contributed by atoms with E-state index in [0.29, 0.717) is 18.5 Å². The number of amides is 1. The first-order valence-electron chi connectivity index (χ1n) is 7.25. The lowest BCUT2D eigenvalue weighted by Crippen LogP contribution is -2.41. The predicted octanol–water partition coefficient (Wildman–Crippen LogP) is 0.546. The Bertz CT molecular complexity index is 490. The summed E-state index contributed by atoms with van der Waals surface area (Å²) in [7, 11) is 1.73. The van der Waals surface area contributed by atoms with Crippen LogP contribution in [0.1, 0.15) is 32.6 Å². The zero-order valence-electron chi connectivity index (χ0n) is 12.5. The fourth-order valence-electron chi connectivity index (χ4n) is 2.53. The van der Waals surface area contributed by atoms with Crippen molar-refractivity contribution in [2.24, 2.45) is 5.73 Å². The maximum Gasteiger partial charge on any atom is 0.323 e. The van der Waals surface area contributed by atoms with E-state index in [9.17, 15) is 4.79 Å². The molecule has 1 aliphatic rings. The first-order valence-corrected chi connectivity index (χ1v) is 7.25. The Kier molecular flexibility index (Phi) is 5.13. The van der Waals surface area contributed by atoms with Gasteiger partial charge < -0.3 is 20.7 Å². The van der Waals surface area contributed by atoms with Crippen LogP contribution in [0.4, 0.5) is 11.9 Å². The maximum atomic E-state index is 11.4. The Hall–Kier alpha value is -2.12. The Morgan fingerprint density at radius 1 is 1.38 bits per heavy atom.